The lowest BCUT2D eigenvalue weighted by Crippen LogP contribution is -1.84. The topological polar surface area (TPSA) is 52.0 Å². The Morgan fingerprint density at radius 2 is 1.95 bits per heavy atom. The molecule has 1 heterocycles. The second kappa shape index (κ2) is 4.61. The van der Waals surface area contributed by atoms with Crippen molar-refractivity contribution in [1.29, 1.82) is 0 Å². The second-order valence-electron chi connectivity index (χ2n) is 3.99. The molecule has 3 rings (SSSR count). The molecule has 0 spiro atoms. The molecule has 0 bridgehead atoms. The Kier molecular flexibility index (Phi) is 3.06. The zero-order valence-corrected chi connectivity index (χ0v) is 12.6. The number of fused-ring (bicyclic) bond motifs is 1. The maximum atomic E-state index is 13.3. The van der Waals surface area contributed by atoms with Gasteiger partial charge in [-0.15, -0.1) is 0 Å². The first kappa shape index (κ1) is 12.6. The first-order valence-corrected chi connectivity index (χ1v) is 6.94. The van der Waals surface area contributed by atoms with Crippen LogP contribution < -0.4 is 5.73 Å². The highest BCUT2D eigenvalue weighted by Crippen LogP contribution is 2.34. The molecule has 0 saturated carbocycles. The van der Waals surface area contributed by atoms with Crippen LogP contribution in [0.3, 0.4) is 0 Å². The standard InChI is InChI=1S/C13H7Br2FN2O/c14-6-3-10(17)12-11(4-6)18-13(19-12)8-5-7(16)1-2-9(8)15/h1-5H,17H2. The van der Waals surface area contributed by atoms with Crippen LogP contribution in [-0.2, 0) is 0 Å². The molecule has 0 atom stereocenters. The Hall–Kier alpha value is -1.40. The highest BCUT2D eigenvalue weighted by molar-refractivity contribution is 9.10. The van der Waals surface area contributed by atoms with Crippen LogP contribution in [0.25, 0.3) is 22.6 Å². The summed E-state index contributed by atoms with van der Waals surface area (Å²) in [5, 5.41) is 0. The SMILES string of the molecule is Nc1cc(Br)cc2nc(-c3cc(F)ccc3Br)oc12. The molecule has 0 aliphatic rings. The van der Waals surface area contributed by atoms with Crippen LogP contribution in [-0.4, -0.2) is 4.98 Å². The summed E-state index contributed by atoms with van der Waals surface area (Å²) in [5.41, 5.74) is 8.01. The predicted molar refractivity (Wildman–Crippen MR) is 79.2 cm³/mol. The smallest absolute Gasteiger partial charge is 0.228 e. The Bertz CT molecular complexity index is 786. The van der Waals surface area contributed by atoms with E-state index in [-0.39, 0.29) is 5.82 Å². The quantitative estimate of drug-likeness (QED) is 0.615. The molecule has 19 heavy (non-hydrogen) atoms. The van der Waals surface area contributed by atoms with Crippen LogP contribution in [0.2, 0.25) is 0 Å². The minimum absolute atomic E-state index is 0.325. The van der Waals surface area contributed by atoms with Crippen molar-refractivity contribution in [3.63, 3.8) is 0 Å². The van der Waals surface area contributed by atoms with Crippen molar-refractivity contribution in [2.75, 3.05) is 5.73 Å². The minimum atomic E-state index is -0.352. The van der Waals surface area contributed by atoms with Crippen LogP contribution in [0.1, 0.15) is 0 Å². The number of benzene rings is 2. The van der Waals surface area contributed by atoms with Gasteiger partial charge in [0.05, 0.1) is 11.3 Å². The van der Waals surface area contributed by atoms with Gasteiger partial charge < -0.3 is 10.2 Å². The lowest BCUT2D eigenvalue weighted by Gasteiger charge is -1.99. The Balaban J connectivity index is 2.26. The fourth-order valence-corrected chi connectivity index (χ4v) is 2.68. The zero-order valence-electron chi connectivity index (χ0n) is 9.45. The molecule has 0 unspecified atom stereocenters. The summed E-state index contributed by atoms with van der Waals surface area (Å²) in [7, 11) is 0. The minimum Gasteiger partial charge on any atom is -0.434 e. The number of hydrogen-bond donors (Lipinski definition) is 1. The maximum absolute atomic E-state index is 13.3. The molecule has 0 aliphatic heterocycles. The Morgan fingerprint density at radius 1 is 1.16 bits per heavy atom. The molecule has 0 fully saturated rings. The van der Waals surface area contributed by atoms with Crippen LogP contribution in [0.15, 0.2) is 43.7 Å². The molecule has 3 aromatic rings. The van der Waals surface area contributed by atoms with Crippen LogP contribution in [0, 0.1) is 5.82 Å². The highest BCUT2D eigenvalue weighted by atomic mass is 79.9. The number of rotatable bonds is 1. The van der Waals surface area contributed by atoms with Gasteiger partial charge >= 0.3 is 0 Å². The summed E-state index contributed by atoms with van der Waals surface area (Å²) < 4.78 is 20.5. The lowest BCUT2D eigenvalue weighted by atomic mass is 10.2. The largest absolute Gasteiger partial charge is 0.434 e. The predicted octanol–water partition coefficient (Wildman–Crippen LogP) is 4.74. The number of nitrogens with two attached hydrogens (primary N) is 1. The van der Waals surface area contributed by atoms with Crippen LogP contribution >= 0.6 is 31.9 Å². The van der Waals surface area contributed by atoms with E-state index in [0.29, 0.717) is 32.7 Å². The fourth-order valence-electron chi connectivity index (χ4n) is 1.80. The van der Waals surface area contributed by atoms with E-state index in [1.807, 2.05) is 0 Å². The fraction of sp³-hybridized carbons (Fsp3) is 0. The molecule has 0 aliphatic carbocycles. The van der Waals surface area contributed by atoms with E-state index in [1.54, 1.807) is 18.2 Å². The first-order valence-electron chi connectivity index (χ1n) is 5.35. The summed E-state index contributed by atoms with van der Waals surface area (Å²) >= 11 is 6.69. The third-order valence-corrected chi connectivity index (χ3v) is 3.79. The van der Waals surface area contributed by atoms with Crippen molar-refractivity contribution < 1.29 is 8.81 Å². The van der Waals surface area contributed by atoms with E-state index in [1.165, 1.54) is 12.1 Å². The number of nitrogen functional groups attached to an aromatic ring is 1. The normalized spacial score (nSPS) is 11.1. The summed E-state index contributed by atoms with van der Waals surface area (Å²) in [4.78, 5) is 4.33. The molecule has 6 heteroatoms. The van der Waals surface area contributed by atoms with Gasteiger partial charge in [-0.2, -0.15) is 0 Å². The molecule has 2 aromatic carbocycles. The monoisotopic (exact) mass is 384 g/mol. The molecular formula is C13H7Br2FN2O. The Labute approximate surface area is 124 Å². The molecule has 96 valence electrons. The summed E-state index contributed by atoms with van der Waals surface area (Å²) in [6, 6.07) is 7.86. The molecule has 0 amide bonds. The van der Waals surface area contributed by atoms with E-state index in [0.717, 1.165) is 4.47 Å². The second-order valence-corrected chi connectivity index (χ2v) is 5.76. The summed E-state index contributed by atoms with van der Waals surface area (Å²) in [6.07, 6.45) is 0. The molecule has 3 nitrogen and oxygen atoms in total. The van der Waals surface area contributed by atoms with Crippen molar-refractivity contribution in [3.8, 4) is 11.5 Å². The van der Waals surface area contributed by atoms with Crippen molar-refractivity contribution in [2.24, 2.45) is 0 Å². The lowest BCUT2D eigenvalue weighted by molar-refractivity contribution is 0.611. The molecule has 2 N–H and O–H groups in total. The van der Waals surface area contributed by atoms with Gasteiger partial charge in [-0.1, -0.05) is 15.9 Å². The molecular weight excluding hydrogens is 379 g/mol. The van der Waals surface area contributed by atoms with Gasteiger partial charge in [-0.3, -0.25) is 0 Å². The number of oxazole rings is 1. The number of aromatic nitrogens is 1. The Morgan fingerprint density at radius 3 is 2.74 bits per heavy atom. The summed E-state index contributed by atoms with van der Waals surface area (Å²) in [6.45, 7) is 0. The first-order chi connectivity index (χ1) is 9.04. The number of nitrogens with zero attached hydrogens (tertiary/aromatic N) is 1. The van der Waals surface area contributed by atoms with E-state index < -0.39 is 0 Å². The number of anilines is 1. The molecule has 1 aromatic heterocycles. The third-order valence-electron chi connectivity index (χ3n) is 2.64. The van der Waals surface area contributed by atoms with E-state index in [9.17, 15) is 4.39 Å². The van der Waals surface area contributed by atoms with Crippen molar-refractivity contribution in [2.45, 2.75) is 0 Å². The van der Waals surface area contributed by atoms with Crippen molar-refractivity contribution in [1.82, 2.24) is 4.98 Å². The van der Waals surface area contributed by atoms with Crippen LogP contribution in [0.5, 0.6) is 0 Å². The van der Waals surface area contributed by atoms with Crippen molar-refractivity contribution in [3.05, 3.63) is 45.1 Å². The van der Waals surface area contributed by atoms with Crippen molar-refractivity contribution >= 4 is 48.6 Å². The van der Waals surface area contributed by atoms with Crippen LogP contribution in [0.4, 0.5) is 10.1 Å². The highest BCUT2D eigenvalue weighted by Gasteiger charge is 2.14. The van der Waals surface area contributed by atoms with Gasteiger partial charge in [0.2, 0.25) is 5.89 Å². The third kappa shape index (κ3) is 2.26. The van der Waals surface area contributed by atoms with Gasteiger partial charge in [-0.25, -0.2) is 9.37 Å². The number of halogens is 3. The van der Waals surface area contributed by atoms with E-state index >= 15 is 0 Å². The average Bonchev–Trinajstić information content (AvgIpc) is 2.76. The van der Waals surface area contributed by atoms with Gasteiger partial charge in [-0.05, 0) is 46.3 Å². The van der Waals surface area contributed by atoms with Gasteiger partial charge in [0.1, 0.15) is 11.3 Å². The van der Waals surface area contributed by atoms with Gasteiger partial charge in [0, 0.05) is 8.95 Å². The maximum Gasteiger partial charge on any atom is 0.228 e. The van der Waals surface area contributed by atoms with E-state index in [2.05, 4.69) is 36.8 Å². The zero-order chi connectivity index (χ0) is 13.6. The van der Waals surface area contributed by atoms with Gasteiger partial charge in [0.25, 0.3) is 0 Å². The molecule has 0 radical (unpaired) electrons. The number of hydrogen-bond acceptors (Lipinski definition) is 3. The summed E-state index contributed by atoms with van der Waals surface area (Å²) in [5.74, 6) is -0.0271. The van der Waals surface area contributed by atoms with E-state index in [4.69, 9.17) is 10.2 Å². The molecule has 0 saturated heterocycles. The van der Waals surface area contributed by atoms with Gasteiger partial charge in [0.15, 0.2) is 5.58 Å². The average molecular weight is 386 g/mol.